The van der Waals surface area contributed by atoms with Crippen LogP contribution in [0.15, 0.2) is 47.3 Å². The van der Waals surface area contributed by atoms with Gasteiger partial charge in [0.2, 0.25) is 0 Å². The second-order valence-corrected chi connectivity index (χ2v) is 6.96. The molecule has 2 aliphatic rings. The number of likely N-dealkylation sites (tertiary alicyclic amines) is 1. The van der Waals surface area contributed by atoms with Gasteiger partial charge < -0.3 is 14.1 Å². The maximum atomic E-state index is 12.6. The van der Waals surface area contributed by atoms with Gasteiger partial charge in [0.25, 0.3) is 5.91 Å². The Morgan fingerprint density at radius 3 is 3.04 bits per heavy atom. The van der Waals surface area contributed by atoms with Gasteiger partial charge in [-0.05, 0) is 48.6 Å². The van der Waals surface area contributed by atoms with Crippen molar-refractivity contribution in [1.82, 2.24) is 9.88 Å². The summed E-state index contributed by atoms with van der Waals surface area (Å²) < 4.78 is 11.3. The molecule has 2 atom stereocenters. The highest BCUT2D eigenvalue weighted by Crippen LogP contribution is 2.49. The minimum absolute atomic E-state index is 0.00269. The average Bonchev–Trinajstić information content (AvgIpc) is 3.31. The van der Waals surface area contributed by atoms with E-state index < -0.39 is 0 Å². The van der Waals surface area contributed by atoms with Gasteiger partial charge in [-0.1, -0.05) is 6.42 Å². The van der Waals surface area contributed by atoms with Crippen LogP contribution < -0.4 is 0 Å². The van der Waals surface area contributed by atoms with Crippen LogP contribution in [0.5, 0.6) is 0 Å². The molecule has 5 heteroatoms. The first kappa shape index (κ1) is 15.4. The summed E-state index contributed by atoms with van der Waals surface area (Å²) in [6.45, 7) is 2.90. The fraction of sp³-hybridized carbons (Fsp3) is 0.474. The second kappa shape index (κ2) is 6.40. The molecule has 2 fully saturated rings. The molecule has 0 aromatic carbocycles. The summed E-state index contributed by atoms with van der Waals surface area (Å²) in [4.78, 5) is 18.5. The van der Waals surface area contributed by atoms with Crippen LogP contribution in [-0.4, -0.2) is 35.5 Å². The SMILES string of the molecule is O=C(c1ccco1)N1C[C@H]2CCC[C@@]2(COCc2ccncc2)C1. The number of carbonyl (C=O) groups excluding carboxylic acids is 1. The Hall–Kier alpha value is -2.14. The van der Waals surface area contributed by atoms with Crippen LogP contribution in [0.25, 0.3) is 0 Å². The predicted molar refractivity (Wildman–Crippen MR) is 88.3 cm³/mol. The van der Waals surface area contributed by atoms with E-state index in [1.54, 1.807) is 30.8 Å². The smallest absolute Gasteiger partial charge is 0.289 e. The number of pyridine rings is 1. The van der Waals surface area contributed by atoms with E-state index in [1.807, 2.05) is 17.0 Å². The highest BCUT2D eigenvalue weighted by Gasteiger charge is 2.51. The molecule has 5 nitrogen and oxygen atoms in total. The Balaban J connectivity index is 1.40. The second-order valence-electron chi connectivity index (χ2n) is 6.96. The molecular weight excluding hydrogens is 304 g/mol. The quantitative estimate of drug-likeness (QED) is 0.847. The van der Waals surface area contributed by atoms with Gasteiger partial charge in [-0.2, -0.15) is 0 Å². The summed E-state index contributed by atoms with van der Waals surface area (Å²) in [5.74, 6) is 0.972. The van der Waals surface area contributed by atoms with Gasteiger partial charge in [0.05, 0.1) is 19.5 Å². The Morgan fingerprint density at radius 1 is 1.38 bits per heavy atom. The van der Waals surface area contributed by atoms with Crippen molar-refractivity contribution in [2.24, 2.45) is 11.3 Å². The third-order valence-electron chi connectivity index (χ3n) is 5.47. The fourth-order valence-corrected chi connectivity index (χ4v) is 4.21. The number of amides is 1. The number of rotatable bonds is 5. The van der Waals surface area contributed by atoms with Crippen LogP contribution in [0.2, 0.25) is 0 Å². The number of furan rings is 1. The summed E-state index contributed by atoms with van der Waals surface area (Å²) >= 11 is 0. The van der Waals surface area contributed by atoms with Crippen LogP contribution in [0.1, 0.15) is 35.4 Å². The van der Waals surface area contributed by atoms with Gasteiger partial charge in [-0.3, -0.25) is 9.78 Å². The first-order valence-electron chi connectivity index (χ1n) is 8.56. The Bertz CT molecular complexity index is 686. The molecule has 0 radical (unpaired) electrons. The first-order valence-corrected chi connectivity index (χ1v) is 8.56. The number of nitrogens with zero attached hydrogens (tertiary/aromatic N) is 2. The monoisotopic (exact) mass is 326 g/mol. The number of hydrogen-bond donors (Lipinski definition) is 0. The summed E-state index contributed by atoms with van der Waals surface area (Å²) in [6.07, 6.45) is 8.67. The van der Waals surface area contributed by atoms with E-state index in [1.165, 1.54) is 12.8 Å². The lowest BCUT2D eigenvalue weighted by atomic mass is 9.81. The van der Waals surface area contributed by atoms with Crippen molar-refractivity contribution in [3.63, 3.8) is 0 Å². The van der Waals surface area contributed by atoms with Gasteiger partial charge in [0.1, 0.15) is 0 Å². The van der Waals surface area contributed by atoms with E-state index in [2.05, 4.69) is 4.98 Å². The van der Waals surface area contributed by atoms with E-state index in [9.17, 15) is 4.79 Å². The summed E-state index contributed by atoms with van der Waals surface area (Å²) in [6, 6.07) is 7.46. The minimum atomic E-state index is 0.00269. The van der Waals surface area contributed by atoms with Crippen LogP contribution in [0.4, 0.5) is 0 Å². The van der Waals surface area contributed by atoms with E-state index >= 15 is 0 Å². The van der Waals surface area contributed by atoms with E-state index in [0.29, 0.717) is 24.9 Å². The van der Waals surface area contributed by atoms with Gasteiger partial charge in [-0.25, -0.2) is 0 Å². The molecule has 0 unspecified atom stereocenters. The minimum Gasteiger partial charge on any atom is -0.459 e. The summed E-state index contributed by atoms with van der Waals surface area (Å²) in [7, 11) is 0. The zero-order valence-corrected chi connectivity index (χ0v) is 13.7. The van der Waals surface area contributed by atoms with Crippen molar-refractivity contribution in [2.75, 3.05) is 19.7 Å². The lowest BCUT2D eigenvalue weighted by Crippen LogP contribution is -2.34. The van der Waals surface area contributed by atoms with Crippen LogP contribution >= 0.6 is 0 Å². The molecule has 0 N–H and O–H groups in total. The molecule has 2 aromatic rings. The van der Waals surface area contributed by atoms with Gasteiger partial charge >= 0.3 is 0 Å². The molecule has 0 spiro atoms. The number of fused-ring (bicyclic) bond motifs is 1. The van der Waals surface area contributed by atoms with Crippen molar-refractivity contribution >= 4 is 5.91 Å². The molecule has 1 saturated heterocycles. The molecule has 2 aromatic heterocycles. The molecular formula is C19H22N2O3. The van der Waals surface area contributed by atoms with Gasteiger partial charge in [-0.15, -0.1) is 0 Å². The van der Waals surface area contributed by atoms with E-state index in [4.69, 9.17) is 9.15 Å². The van der Waals surface area contributed by atoms with E-state index in [-0.39, 0.29) is 11.3 Å². The number of ether oxygens (including phenoxy) is 1. The largest absolute Gasteiger partial charge is 0.459 e. The molecule has 4 rings (SSSR count). The number of hydrogen-bond acceptors (Lipinski definition) is 4. The van der Waals surface area contributed by atoms with Gasteiger partial charge in [0.15, 0.2) is 5.76 Å². The molecule has 1 saturated carbocycles. The number of aromatic nitrogens is 1. The Labute approximate surface area is 141 Å². The zero-order valence-electron chi connectivity index (χ0n) is 13.7. The topological polar surface area (TPSA) is 55.6 Å². The highest BCUT2D eigenvalue weighted by molar-refractivity contribution is 5.91. The van der Waals surface area contributed by atoms with Crippen LogP contribution in [-0.2, 0) is 11.3 Å². The van der Waals surface area contributed by atoms with Crippen molar-refractivity contribution in [3.8, 4) is 0 Å². The molecule has 3 heterocycles. The summed E-state index contributed by atoms with van der Waals surface area (Å²) in [5, 5.41) is 0. The zero-order chi connectivity index (χ0) is 16.4. The highest BCUT2D eigenvalue weighted by atomic mass is 16.5. The standard InChI is InChI=1S/C19H22N2O3/c22-18(17-4-2-10-24-17)21-11-16-3-1-7-19(16,13-21)14-23-12-15-5-8-20-9-6-15/h2,4-6,8-10,16H,1,3,7,11-14H2/t16-,19+/m1/s1. The number of carbonyl (C=O) groups is 1. The van der Waals surface area contributed by atoms with Crippen molar-refractivity contribution in [2.45, 2.75) is 25.9 Å². The summed E-state index contributed by atoms with van der Waals surface area (Å²) in [5.41, 5.74) is 1.24. The molecule has 1 aliphatic heterocycles. The Morgan fingerprint density at radius 2 is 2.25 bits per heavy atom. The third kappa shape index (κ3) is 2.84. The first-order chi connectivity index (χ1) is 11.8. The van der Waals surface area contributed by atoms with Crippen LogP contribution in [0.3, 0.4) is 0 Å². The van der Waals surface area contributed by atoms with Crippen molar-refractivity contribution in [1.29, 1.82) is 0 Å². The van der Waals surface area contributed by atoms with E-state index in [0.717, 1.165) is 25.1 Å². The van der Waals surface area contributed by atoms with Crippen molar-refractivity contribution in [3.05, 3.63) is 54.2 Å². The van der Waals surface area contributed by atoms with Gasteiger partial charge in [0, 0.05) is 30.9 Å². The fourth-order valence-electron chi connectivity index (χ4n) is 4.21. The lowest BCUT2D eigenvalue weighted by molar-refractivity contribution is 0.0263. The maximum absolute atomic E-state index is 12.6. The Kier molecular flexibility index (Phi) is 4.10. The normalized spacial score (nSPS) is 25.8. The molecule has 126 valence electrons. The molecule has 1 amide bonds. The third-order valence-corrected chi connectivity index (χ3v) is 5.47. The molecule has 24 heavy (non-hydrogen) atoms. The van der Waals surface area contributed by atoms with Crippen LogP contribution in [0, 0.1) is 11.3 Å². The predicted octanol–water partition coefficient (Wildman–Crippen LogP) is 3.13. The average molecular weight is 326 g/mol. The molecule has 1 aliphatic carbocycles. The van der Waals surface area contributed by atoms with Crippen molar-refractivity contribution < 1.29 is 13.9 Å². The molecule has 0 bridgehead atoms. The maximum Gasteiger partial charge on any atom is 0.289 e. The lowest BCUT2D eigenvalue weighted by Gasteiger charge is -2.28.